The Morgan fingerprint density at radius 2 is 1.68 bits per heavy atom. The Bertz CT molecular complexity index is 782. The minimum Gasteiger partial charge on any atom is -0.510 e. The van der Waals surface area contributed by atoms with E-state index in [4.69, 9.17) is 14.2 Å². The molecule has 0 radical (unpaired) electrons. The molecule has 1 aromatic carbocycles. The molecule has 1 heterocycles. The van der Waals surface area contributed by atoms with E-state index in [2.05, 4.69) is 29.0 Å². The van der Waals surface area contributed by atoms with Crippen LogP contribution in [0, 0.1) is 0 Å². The number of aliphatic hydroxyl groups is 1. The second-order valence-corrected chi connectivity index (χ2v) is 7.48. The molecular formula is C23H35N3O5. The molecule has 0 aromatic heterocycles. The first kappa shape index (κ1) is 24.7. The number of carbonyl (C=O) groups is 1. The number of morpholine rings is 1. The number of Topliss-reactive ketones (excluding diaryl/α,β-unsaturated/α-hetero) is 1. The zero-order chi connectivity index (χ0) is 22.6. The van der Waals surface area contributed by atoms with Gasteiger partial charge in [-0.05, 0) is 19.8 Å². The molecule has 1 aliphatic rings. The van der Waals surface area contributed by atoms with Crippen molar-refractivity contribution in [2.45, 2.75) is 53.4 Å². The van der Waals surface area contributed by atoms with Gasteiger partial charge < -0.3 is 24.2 Å². The fourth-order valence-corrected chi connectivity index (χ4v) is 3.05. The number of benzene rings is 1. The summed E-state index contributed by atoms with van der Waals surface area (Å²) in [6.07, 6.45) is 3.88. The number of azo groups is 1. The summed E-state index contributed by atoms with van der Waals surface area (Å²) in [5.74, 6) is 0.733. The number of nitrogens with zero attached hydrogens (tertiary/aromatic N) is 3. The van der Waals surface area contributed by atoms with E-state index in [0.717, 1.165) is 44.5 Å². The molecule has 1 saturated heterocycles. The van der Waals surface area contributed by atoms with Gasteiger partial charge in [0.05, 0.1) is 32.1 Å². The Labute approximate surface area is 184 Å². The third-order valence-electron chi connectivity index (χ3n) is 4.84. The molecule has 2 rings (SSSR count). The lowest BCUT2D eigenvalue weighted by Gasteiger charge is -2.31. The largest absolute Gasteiger partial charge is 0.510 e. The molecule has 1 fully saturated rings. The van der Waals surface area contributed by atoms with Crippen molar-refractivity contribution in [3.8, 4) is 11.5 Å². The van der Waals surface area contributed by atoms with Crippen molar-refractivity contribution in [2.24, 2.45) is 10.2 Å². The quantitative estimate of drug-likeness (QED) is 0.207. The lowest BCUT2D eigenvalue weighted by molar-refractivity contribution is -0.113. The highest BCUT2D eigenvalue weighted by Gasteiger charge is 2.20. The summed E-state index contributed by atoms with van der Waals surface area (Å²) in [6, 6.07) is 3.73. The Hall–Kier alpha value is -2.61. The molecule has 1 aliphatic heterocycles. The standard InChI is InChI=1S/C23H35N3O5/c1-5-7-11-30-21-16-20(26-9-13-29-14-10-26)22(31-12-8-6-2)15-19(21)24-25-23(17(3)27)18(4)28/h15-16,27H,5-14H2,1-4H3/b23-17-,25-24?. The minimum absolute atomic E-state index is 0.0785. The van der Waals surface area contributed by atoms with Gasteiger partial charge in [-0.2, -0.15) is 0 Å². The van der Waals surface area contributed by atoms with Crippen molar-refractivity contribution in [1.82, 2.24) is 0 Å². The molecular weight excluding hydrogens is 398 g/mol. The molecule has 1 aromatic rings. The summed E-state index contributed by atoms with van der Waals surface area (Å²) in [4.78, 5) is 14.0. The SMILES string of the molecule is CCCCOc1cc(N2CCOCC2)c(OCCCC)cc1N=N/C(C(C)=O)=C(/C)O. The van der Waals surface area contributed by atoms with Crippen molar-refractivity contribution < 1.29 is 24.1 Å². The first-order chi connectivity index (χ1) is 15.0. The van der Waals surface area contributed by atoms with E-state index in [9.17, 15) is 9.90 Å². The topological polar surface area (TPSA) is 93.0 Å². The van der Waals surface area contributed by atoms with Crippen LogP contribution in [0.25, 0.3) is 0 Å². The molecule has 0 unspecified atom stereocenters. The summed E-state index contributed by atoms with van der Waals surface area (Å²) in [5.41, 5.74) is 1.32. The number of anilines is 1. The maximum Gasteiger partial charge on any atom is 0.183 e. The van der Waals surface area contributed by atoms with Crippen LogP contribution in [0.3, 0.4) is 0 Å². The van der Waals surface area contributed by atoms with Gasteiger partial charge >= 0.3 is 0 Å². The van der Waals surface area contributed by atoms with Gasteiger partial charge in [0, 0.05) is 32.1 Å². The normalized spacial score (nSPS) is 15.2. The van der Waals surface area contributed by atoms with Crippen molar-refractivity contribution in [3.05, 3.63) is 23.6 Å². The van der Waals surface area contributed by atoms with Crippen LogP contribution in [0.2, 0.25) is 0 Å². The molecule has 0 spiro atoms. The van der Waals surface area contributed by atoms with Gasteiger partial charge in [0.15, 0.2) is 11.5 Å². The van der Waals surface area contributed by atoms with Crippen LogP contribution in [0.1, 0.15) is 53.4 Å². The van der Waals surface area contributed by atoms with Crippen LogP contribution in [-0.2, 0) is 9.53 Å². The second kappa shape index (κ2) is 12.9. The average Bonchev–Trinajstić information content (AvgIpc) is 2.75. The van der Waals surface area contributed by atoms with E-state index in [1.165, 1.54) is 13.8 Å². The third-order valence-corrected chi connectivity index (χ3v) is 4.84. The van der Waals surface area contributed by atoms with Crippen LogP contribution in [-0.4, -0.2) is 50.4 Å². The molecule has 0 aliphatic carbocycles. The lowest BCUT2D eigenvalue weighted by atomic mass is 10.2. The van der Waals surface area contributed by atoms with Gasteiger partial charge in [-0.25, -0.2) is 0 Å². The monoisotopic (exact) mass is 433 g/mol. The van der Waals surface area contributed by atoms with E-state index < -0.39 is 0 Å². The lowest BCUT2D eigenvalue weighted by Crippen LogP contribution is -2.36. The van der Waals surface area contributed by atoms with E-state index in [1.54, 1.807) is 6.07 Å². The number of ketones is 1. The fourth-order valence-electron chi connectivity index (χ4n) is 3.05. The van der Waals surface area contributed by atoms with Gasteiger partial charge in [-0.15, -0.1) is 10.2 Å². The van der Waals surface area contributed by atoms with Crippen molar-refractivity contribution in [1.29, 1.82) is 0 Å². The molecule has 8 nitrogen and oxygen atoms in total. The highest BCUT2D eigenvalue weighted by Crippen LogP contribution is 2.41. The van der Waals surface area contributed by atoms with E-state index in [1.807, 2.05) is 6.07 Å². The van der Waals surface area contributed by atoms with E-state index in [0.29, 0.717) is 43.6 Å². The Balaban J connectivity index is 2.47. The molecule has 0 amide bonds. The number of ether oxygens (including phenoxy) is 3. The number of hydrogen-bond acceptors (Lipinski definition) is 8. The van der Waals surface area contributed by atoms with Gasteiger partial charge in [0.1, 0.15) is 22.9 Å². The summed E-state index contributed by atoms with van der Waals surface area (Å²) >= 11 is 0. The highest BCUT2D eigenvalue weighted by atomic mass is 16.5. The molecule has 0 bridgehead atoms. The van der Waals surface area contributed by atoms with E-state index in [-0.39, 0.29) is 17.2 Å². The zero-order valence-corrected chi connectivity index (χ0v) is 19.1. The summed E-state index contributed by atoms with van der Waals surface area (Å²) in [6.45, 7) is 10.9. The summed E-state index contributed by atoms with van der Waals surface area (Å²) in [5, 5.41) is 18.0. The number of allylic oxidation sites excluding steroid dienone is 2. The van der Waals surface area contributed by atoms with Crippen molar-refractivity contribution in [3.63, 3.8) is 0 Å². The Morgan fingerprint density at radius 3 is 2.23 bits per heavy atom. The minimum atomic E-state index is -0.360. The predicted molar refractivity (Wildman–Crippen MR) is 121 cm³/mol. The summed E-state index contributed by atoms with van der Waals surface area (Å²) in [7, 11) is 0. The first-order valence-corrected chi connectivity index (χ1v) is 11.1. The first-order valence-electron chi connectivity index (χ1n) is 11.1. The predicted octanol–water partition coefficient (Wildman–Crippen LogP) is 5.34. The van der Waals surface area contributed by atoms with Crippen LogP contribution in [0.5, 0.6) is 11.5 Å². The van der Waals surface area contributed by atoms with Crippen LogP contribution in [0.15, 0.2) is 33.8 Å². The van der Waals surface area contributed by atoms with Crippen LogP contribution >= 0.6 is 0 Å². The smallest absolute Gasteiger partial charge is 0.183 e. The van der Waals surface area contributed by atoms with Gasteiger partial charge in [-0.3, -0.25) is 4.79 Å². The molecule has 0 atom stereocenters. The zero-order valence-electron chi connectivity index (χ0n) is 19.1. The number of aliphatic hydroxyl groups excluding tert-OH is 1. The number of carbonyl (C=O) groups excluding carboxylic acids is 1. The van der Waals surface area contributed by atoms with Crippen molar-refractivity contribution >= 4 is 17.2 Å². The average molecular weight is 434 g/mol. The van der Waals surface area contributed by atoms with Crippen LogP contribution in [0.4, 0.5) is 11.4 Å². The maximum atomic E-state index is 11.8. The number of hydrogen-bond donors (Lipinski definition) is 1. The number of rotatable bonds is 12. The van der Waals surface area contributed by atoms with E-state index >= 15 is 0 Å². The fraction of sp³-hybridized carbons (Fsp3) is 0.609. The highest BCUT2D eigenvalue weighted by molar-refractivity contribution is 5.93. The van der Waals surface area contributed by atoms with Gasteiger partial charge in [0.25, 0.3) is 0 Å². The maximum absolute atomic E-state index is 11.8. The second-order valence-electron chi connectivity index (χ2n) is 7.48. The summed E-state index contributed by atoms with van der Waals surface area (Å²) < 4.78 is 17.6. The van der Waals surface area contributed by atoms with Crippen LogP contribution < -0.4 is 14.4 Å². The third kappa shape index (κ3) is 7.54. The molecule has 8 heteroatoms. The molecule has 172 valence electrons. The molecule has 0 saturated carbocycles. The Morgan fingerprint density at radius 1 is 1.06 bits per heavy atom. The Kier molecular flexibility index (Phi) is 10.3. The molecule has 1 N–H and O–H groups in total. The van der Waals surface area contributed by atoms with Gasteiger partial charge in [-0.1, -0.05) is 26.7 Å². The van der Waals surface area contributed by atoms with Gasteiger partial charge in [0.2, 0.25) is 0 Å². The molecule has 31 heavy (non-hydrogen) atoms. The van der Waals surface area contributed by atoms with Crippen molar-refractivity contribution in [2.75, 3.05) is 44.4 Å². The number of unbranched alkanes of at least 4 members (excludes halogenated alkanes) is 2.